The van der Waals surface area contributed by atoms with E-state index in [9.17, 15) is 4.79 Å². The topological polar surface area (TPSA) is 63.2 Å². The molecule has 2 amide bonds. The number of carbonyl (C=O) groups excluding carboxylic acids is 1. The lowest BCUT2D eigenvalue weighted by atomic mass is 9.56. The predicted octanol–water partition coefficient (Wildman–Crippen LogP) is 2.08. The van der Waals surface area contributed by atoms with Gasteiger partial charge in [0.2, 0.25) is 0 Å². The summed E-state index contributed by atoms with van der Waals surface area (Å²) in [6.07, 6.45) is 4.29. The molecule has 0 saturated heterocycles. The number of aromatic nitrogens is 1. The zero-order valence-corrected chi connectivity index (χ0v) is 12.6. The van der Waals surface area contributed by atoms with Crippen molar-refractivity contribution in [3.63, 3.8) is 0 Å². The van der Waals surface area contributed by atoms with Gasteiger partial charge in [-0.1, -0.05) is 19.9 Å². The Hall–Kier alpha value is -1.62. The highest BCUT2D eigenvalue weighted by molar-refractivity contribution is 5.74. The Balaban J connectivity index is 1.82. The fraction of sp³-hybridized carbons (Fsp3) is 0.600. The Bertz CT molecular complexity index is 475. The van der Waals surface area contributed by atoms with Crippen LogP contribution in [-0.4, -0.2) is 29.8 Å². The molecule has 1 aromatic heterocycles. The average molecular weight is 277 g/mol. The van der Waals surface area contributed by atoms with E-state index in [2.05, 4.69) is 36.4 Å². The summed E-state index contributed by atoms with van der Waals surface area (Å²) >= 11 is 0. The van der Waals surface area contributed by atoms with Crippen molar-refractivity contribution in [2.45, 2.75) is 45.4 Å². The highest BCUT2D eigenvalue weighted by Gasteiger charge is 2.58. The van der Waals surface area contributed by atoms with Gasteiger partial charge in [0.25, 0.3) is 0 Å². The molecule has 0 bridgehead atoms. The van der Waals surface area contributed by atoms with Crippen LogP contribution in [0.25, 0.3) is 0 Å². The van der Waals surface area contributed by atoms with E-state index in [1.165, 1.54) is 0 Å². The largest absolute Gasteiger partial charge is 0.378 e. The van der Waals surface area contributed by atoms with E-state index in [4.69, 9.17) is 4.74 Å². The van der Waals surface area contributed by atoms with Crippen molar-refractivity contribution in [3.8, 4) is 0 Å². The molecule has 110 valence electrons. The maximum absolute atomic E-state index is 11.9. The molecule has 0 aliphatic heterocycles. The molecule has 0 aromatic carbocycles. The second-order valence-electron chi connectivity index (χ2n) is 6.10. The minimum atomic E-state index is -0.172. The van der Waals surface area contributed by atoms with Crippen molar-refractivity contribution in [3.05, 3.63) is 30.1 Å². The van der Waals surface area contributed by atoms with Gasteiger partial charge in [0, 0.05) is 37.5 Å². The number of urea groups is 1. The molecule has 5 heteroatoms. The van der Waals surface area contributed by atoms with E-state index in [1.54, 1.807) is 19.5 Å². The van der Waals surface area contributed by atoms with Gasteiger partial charge in [0.05, 0.1) is 5.60 Å². The number of nitrogens with zero attached hydrogens (tertiary/aromatic N) is 1. The van der Waals surface area contributed by atoms with Crippen LogP contribution in [0.3, 0.4) is 0 Å². The normalized spacial score (nSPS) is 27.5. The summed E-state index contributed by atoms with van der Waals surface area (Å²) in [6, 6.07) is 3.77. The lowest BCUT2D eigenvalue weighted by molar-refractivity contribution is -0.177. The van der Waals surface area contributed by atoms with Crippen LogP contribution in [0.4, 0.5) is 4.79 Å². The van der Waals surface area contributed by atoms with Crippen molar-refractivity contribution < 1.29 is 9.53 Å². The van der Waals surface area contributed by atoms with Gasteiger partial charge in [-0.05, 0) is 25.0 Å². The minimum Gasteiger partial charge on any atom is -0.378 e. The van der Waals surface area contributed by atoms with Gasteiger partial charge in [0.1, 0.15) is 0 Å². The zero-order chi connectivity index (χ0) is 14.8. The highest BCUT2D eigenvalue weighted by atomic mass is 16.5. The SMILES string of the molecule is CO[C@@]1(C)C[C@H](NC(=O)NCc2cccnc2)C1(C)C. The molecule has 1 fully saturated rings. The molecule has 0 unspecified atom stereocenters. The van der Waals surface area contributed by atoms with Crippen LogP contribution in [0.2, 0.25) is 0 Å². The number of ether oxygens (including phenoxy) is 1. The summed E-state index contributed by atoms with van der Waals surface area (Å²) < 4.78 is 5.55. The first-order valence-corrected chi connectivity index (χ1v) is 6.87. The highest BCUT2D eigenvalue weighted by Crippen LogP contribution is 2.51. The van der Waals surface area contributed by atoms with Gasteiger partial charge in [0.15, 0.2) is 0 Å². The molecule has 2 rings (SSSR count). The fourth-order valence-electron chi connectivity index (χ4n) is 2.62. The van der Waals surface area contributed by atoms with Crippen LogP contribution >= 0.6 is 0 Å². The van der Waals surface area contributed by atoms with Crippen LogP contribution in [0, 0.1) is 5.41 Å². The molecule has 1 saturated carbocycles. The van der Waals surface area contributed by atoms with Gasteiger partial charge < -0.3 is 15.4 Å². The van der Waals surface area contributed by atoms with Crippen molar-refractivity contribution in [1.29, 1.82) is 0 Å². The first-order chi connectivity index (χ1) is 9.39. The second kappa shape index (κ2) is 5.40. The van der Waals surface area contributed by atoms with E-state index < -0.39 is 0 Å². The van der Waals surface area contributed by atoms with E-state index >= 15 is 0 Å². The molecule has 1 aliphatic rings. The molecule has 2 atom stereocenters. The van der Waals surface area contributed by atoms with Crippen molar-refractivity contribution >= 4 is 6.03 Å². The molecule has 1 aliphatic carbocycles. The third-order valence-electron chi connectivity index (χ3n) is 4.76. The van der Waals surface area contributed by atoms with Gasteiger partial charge >= 0.3 is 6.03 Å². The monoisotopic (exact) mass is 277 g/mol. The maximum Gasteiger partial charge on any atom is 0.315 e. The molecular formula is C15H23N3O2. The van der Waals surface area contributed by atoms with Crippen LogP contribution in [0.15, 0.2) is 24.5 Å². The quantitative estimate of drug-likeness (QED) is 0.885. The first kappa shape index (κ1) is 14.8. The molecular weight excluding hydrogens is 254 g/mol. The lowest BCUT2D eigenvalue weighted by Gasteiger charge is -2.59. The number of methoxy groups -OCH3 is 1. The summed E-state index contributed by atoms with van der Waals surface area (Å²) in [7, 11) is 1.72. The number of hydrogen-bond donors (Lipinski definition) is 2. The molecule has 20 heavy (non-hydrogen) atoms. The zero-order valence-electron chi connectivity index (χ0n) is 12.6. The Morgan fingerprint density at radius 1 is 1.50 bits per heavy atom. The third kappa shape index (κ3) is 2.63. The Labute approximate surface area is 120 Å². The standard InChI is InChI=1S/C15H23N3O2/c1-14(2)12(8-15(14,3)20-4)18-13(19)17-10-11-6-5-7-16-9-11/h5-7,9,12H,8,10H2,1-4H3,(H2,17,18,19)/t12-,15-/m0/s1. The average Bonchev–Trinajstić information content (AvgIpc) is 2.45. The fourth-order valence-corrected chi connectivity index (χ4v) is 2.62. The van der Waals surface area contributed by atoms with Gasteiger partial charge in [-0.15, -0.1) is 0 Å². The van der Waals surface area contributed by atoms with E-state index in [1.807, 2.05) is 12.1 Å². The van der Waals surface area contributed by atoms with Crippen LogP contribution in [0.5, 0.6) is 0 Å². The number of pyridine rings is 1. The van der Waals surface area contributed by atoms with Gasteiger partial charge in [-0.25, -0.2) is 4.79 Å². The van der Waals surface area contributed by atoms with Crippen LogP contribution in [0.1, 0.15) is 32.8 Å². The molecule has 5 nitrogen and oxygen atoms in total. The Morgan fingerprint density at radius 3 is 2.80 bits per heavy atom. The molecule has 1 aromatic rings. The summed E-state index contributed by atoms with van der Waals surface area (Å²) in [5.74, 6) is 0. The van der Waals surface area contributed by atoms with Gasteiger partial charge in [-0.3, -0.25) is 4.98 Å². The molecule has 1 heterocycles. The molecule has 0 radical (unpaired) electrons. The summed E-state index contributed by atoms with van der Waals surface area (Å²) in [6.45, 7) is 6.80. The number of amides is 2. The number of hydrogen-bond acceptors (Lipinski definition) is 3. The lowest BCUT2D eigenvalue weighted by Crippen LogP contribution is -2.69. The third-order valence-corrected chi connectivity index (χ3v) is 4.76. The number of rotatable bonds is 4. The van der Waals surface area contributed by atoms with E-state index in [-0.39, 0.29) is 23.1 Å². The molecule has 2 N–H and O–H groups in total. The first-order valence-electron chi connectivity index (χ1n) is 6.87. The van der Waals surface area contributed by atoms with E-state index in [0.717, 1.165) is 12.0 Å². The van der Waals surface area contributed by atoms with Crippen LogP contribution in [-0.2, 0) is 11.3 Å². The maximum atomic E-state index is 11.9. The van der Waals surface area contributed by atoms with Crippen molar-refractivity contribution in [2.75, 3.05) is 7.11 Å². The summed E-state index contributed by atoms with van der Waals surface area (Å²) in [5, 5.41) is 5.87. The number of carbonyl (C=O) groups is 1. The Morgan fingerprint density at radius 2 is 2.25 bits per heavy atom. The number of nitrogens with one attached hydrogen (secondary N) is 2. The van der Waals surface area contributed by atoms with Crippen molar-refractivity contribution in [2.24, 2.45) is 5.41 Å². The Kier molecular flexibility index (Phi) is 3.99. The van der Waals surface area contributed by atoms with Crippen molar-refractivity contribution in [1.82, 2.24) is 15.6 Å². The predicted molar refractivity (Wildman–Crippen MR) is 77.2 cm³/mol. The summed E-state index contributed by atoms with van der Waals surface area (Å²) in [5.41, 5.74) is 0.735. The smallest absolute Gasteiger partial charge is 0.315 e. The minimum absolute atomic E-state index is 0.0760. The van der Waals surface area contributed by atoms with E-state index in [0.29, 0.717) is 6.54 Å². The summed E-state index contributed by atoms with van der Waals surface area (Å²) in [4.78, 5) is 15.9. The second-order valence-corrected chi connectivity index (χ2v) is 6.10. The van der Waals surface area contributed by atoms with Gasteiger partial charge in [-0.2, -0.15) is 0 Å². The molecule has 0 spiro atoms. The van der Waals surface area contributed by atoms with Crippen LogP contribution < -0.4 is 10.6 Å².